The van der Waals surface area contributed by atoms with Gasteiger partial charge in [0.05, 0.1) is 5.56 Å². The Kier molecular flexibility index (Phi) is 4.08. The van der Waals surface area contributed by atoms with Crippen molar-refractivity contribution in [3.8, 4) is 0 Å². The first-order valence-corrected chi connectivity index (χ1v) is 5.59. The number of halogens is 1. The first-order valence-electron chi connectivity index (χ1n) is 4.80. The smallest absolute Gasteiger partial charge is 0.257 e. The molecule has 1 amide bonds. The largest absolute Gasteiger partial charge is 0.383 e. The summed E-state index contributed by atoms with van der Waals surface area (Å²) < 4.78 is 0.757. The Balaban J connectivity index is 3.04. The van der Waals surface area contributed by atoms with Crippen LogP contribution in [0.25, 0.3) is 0 Å². The van der Waals surface area contributed by atoms with E-state index in [2.05, 4.69) is 20.9 Å². The molecule has 0 unspecified atom stereocenters. The number of hydrogen-bond donors (Lipinski definition) is 1. The Bertz CT molecular complexity index is 364. The molecule has 5 heteroatoms. The van der Waals surface area contributed by atoms with Crippen molar-refractivity contribution in [3.63, 3.8) is 0 Å². The van der Waals surface area contributed by atoms with Gasteiger partial charge in [-0.15, -0.1) is 0 Å². The molecule has 0 bridgehead atoms. The van der Waals surface area contributed by atoms with Gasteiger partial charge < -0.3 is 10.6 Å². The second-order valence-electron chi connectivity index (χ2n) is 3.06. The van der Waals surface area contributed by atoms with E-state index >= 15 is 0 Å². The van der Waals surface area contributed by atoms with Gasteiger partial charge in [-0.3, -0.25) is 4.79 Å². The molecule has 0 saturated heterocycles. The molecule has 0 atom stereocenters. The first kappa shape index (κ1) is 12.0. The highest BCUT2D eigenvalue weighted by molar-refractivity contribution is 9.10. The fourth-order valence-electron chi connectivity index (χ4n) is 1.30. The molecule has 0 fully saturated rings. The molecule has 2 N–H and O–H groups in total. The van der Waals surface area contributed by atoms with E-state index in [-0.39, 0.29) is 11.7 Å². The van der Waals surface area contributed by atoms with Crippen LogP contribution in [0.15, 0.2) is 16.7 Å². The number of carbonyl (C=O) groups is 1. The first-order chi connectivity index (χ1) is 7.10. The Labute approximate surface area is 97.6 Å². The SMILES string of the molecule is CCN(CC)C(=O)c1cc(Br)cnc1N. The number of aromatic nitrogens is 1. The van der Waals surface area contributed by atoms with Gasteiger partial charge in [0.15, 0.2) is 0 Å². The third-order valence-corrected chi connectivity index (χ3v) is 2.60. The van der Waals surface area contributed by atoms with Crippen LogP contribution in [-0.4, -0.2) is 28.9 Å². The van der Waals surface area contributed by atoms with Gasteiger partial charge in [-0.1, -0.05) is 0 Å². The number of anilines is 1. The van der Waals surface area contributed by atoms with Crippen LogP contribution >= 0.6 is 15.9 Å². The van der Waals surface area contributed by atoms with E-state index in [0.29, 0.717) is 18.7 Å². The zero-order chi connectivity index (χ0) is 11.4. The lowest BCUT2D eigenvalue weighted by Crippen LogP contribution is -2.31. The van der Waals surface area contributed by atoms with E-state index in [1.54, 1.807) is 17.2 Å². The molecule has 1 aromatic heterocycles. The van der Waals surface area contributed by atoms with Gasteiger partial charge in [-0.25, -0.2) is 4.98 Å². The molecule has 82 valence electrons. The summed E-state index contributed by atoms with van der Waals surface area (Å²) in [7, 11) is 0. The fraction of sp³-hybridized carbons (Fsp3) is 0.400. The molecule has 0 saturated carbocycles. The van der Waals surface area contributed by atoms with E-state index in [1.807, 2.05) is 13.8 Å². The van der Waals surface area contributed by atoms with Crippen molar-refractivity contribution >= 4 is 27.7 Å². The minimum Gasteiger partial charge on any atom is -0.383 e. The lowest BCUT2D eigenvalue weighted by molar-refractivity contribution is 0.0773. The number of hydrogen-bond acceptors (Lipinski definition) is 3. The minimum absolute atomic E-state index is 0.0775. The number of nitrogens with two attached hydrogens (primary N) is 1. The van der Waals surface area contributed by atoms with Gasteiger partial charge in [0, 0.05) is 23.8 Å². The summed E-state index contributed by atoms with van der Waals surface area (Å²) in [4.78, 5) is 17.6. The minimum atomic E-state index is -0.0775. The predicted molar refractivity (Wildman–Crippen MR) is 63.6 cm³/mol. The van der Waals surface area contributed by atoms with Gasteiger partial charge in [0.25, 0.3) is 5.91 Å². The van der Waals surface area contributed by atoms with Crippen molar-refractivity contribution < 1.29 is 4.79 Å². The van der Waals surface area contributed by atoms with Crippen LogP contribution in [0.4, 0.5) is 5.82 Å². The molecule has 0 aliphatic carbocycles. The maximum absolute atomic E-state index is 12.0. The van der Waals surface area contributed by atoms with Gasteiger partial charge in [0.1, 0.15) is 5.82 Å². The number of carbonyl (C=O) groups excluding carboxylic acids is 1. The monoisotopic (exact) mass is 271 g/mol. The zero-order valence-electron chi connectivity index (χ0n) is 8.83. The second kappa shape index (κ2) is 5.11. The number of amides is 1. The molecular weight excluding hydrogens is 258 g/mol. The summed E-state index contributed by atoms with van der Waals surface area (Å²) in [6.07, 6.45) is 1.58. The lowest BCUT2D eigenvalue weighted by Gasteiger charge is -2.19. The molecule has 0 aromatic carbocycles. The number of nitrogens with zero attached hydrogens (tertiary/aromatic N) is 2. The van der Waals surface area contributed by atoms with Gasteiger partial charge >= 0.3 is 0 Å². The molecule has 15 heavy (non-hydrogen) atoms. The van der Waals surface area contributed by atoms with Crippen LogP contribution in [0.5, 0.6) is 0 Å². The van der Waals surface area contributed by atoms with Crippen molar-refractivity contribution in [3.05, 3.63) is 22.3 Å². The highest BCUT2D eigenvalue weighted by atomic mass is 79.9. The maximum Gasteiger partial charge on any atom is 0.257 e. The van der Waals surface area contributed by atoms with Crippen LogP contribution in [0.2, 0.25) is 0 Å². The predicted octanol–water partition coefficient (Wildman–Crippen LogP) is 1.91. The van der Waals surface area contributed by atoms with Crippen molar-refractivity contribution in [2.45, 2.75) is 13.8 Å². The molecular formula is C10H14BrN3O. The summed E-state index contributed by atoms with van der Waals surface area (Å²) >= 11 is 3.27. The van der Waals surface area contributed by atoms with E-state index in [1.165, 1.54) is 0 Å². The summed E-state index contributed by atoms with van der Waals surface area (Å²) in [6, 6.07) is 1.70. The average Bonchev–Trinajstić information content (AvgIpc) is 2.23. The van der Waals surface area contributed by atoms with Crippen LogP contribution in [-0.2, 0) is 0 Å². The highest BCUT2D eigenvalue weighted by Gasteiger charge is 2.16. The summed E-state index contributed by atoms with van der Waals surface area (Å²) in [5.41, 5.74) is 6.11. The van der Waals surface area contributed by atoms with Crippen molar-refractivity contribution in [1.82, 2.24) is 9.88 Å². The average molecular weight is 272 g/mol. The van der Waals surface area contributed by atoms with E-state index in [0.717, 1.165) is 4.47 Å². The highest BCUT2D eigenvalue weighted by Crippen LogP contribution is 2.17. The number of rotatable bonds is 3. The Hall–Kier alpha value is -1.10. The molecule has 0 spiro atoms. The van der Waals surface area contributed by atoms with Gasteiger partial charge in [-0.05, 0) is 35.8 Å². The van der Waals surface area contributed by atoms with Crippen molar-refractivity contribution in [2.24, 2.45) is 0 Å². The van der Waals surface area contributed by atoms with Crippen molar-refractivity contribution in [2.75, 3.05) is 18.8 Å². The van der Waals surface area contributed by atoms with Crippen molar-refractivity contribution in [1.29, 1.82) is 0 Å². The van der Waals surface area contributed by atoms with Gasteiger partial charge in [0.2, 0.25) is 0 Å². The Morgan fingerprint density at radius 3 is 2.67 bits per heavy atom. The van der Waals surface area contributed by atoms with Crippen LogP contribution in [0, 0.1) is 0 Å². The molecule has 0 radical (unpaired) electrons. The third-order valence-electron chi connectivity index (χ3n) is 2.17. The molecule has 1 rings (SSSR count). The summed E-state index contributed by atoms with van der Waals surface area (Å²) in [6.45, 7) is 5.20. The molecule has 1 aromatic rings. The normalized spacial score (nSPS) is 10.1. The summed E-state index contributed by atoms with van der Waals surface area (Å²) in [5, 5.41) is 0. The standard InChI is InChI=1S/C10H14BrN3O/c1-3-14(4-2)10(15)8-5-7(11)6-13-9(8)12/h5-6H,3-4H2,1-2H3,(H2,12,13). The topological polar surface area (TPSA) is 59.2 Å². The van der Waals surface area contributed by atoms with Gasteiger partial charge in [-0.2, -0.15) is 0 Å². The molecule has 4 nitrogen and oxygen atoms in total. The van der Waals surface area contributed by atoms with Crippen LogP contribution in [0.1, 0.15) is 24.2 Å². The maximum atomic E-state index is 12.0. The molecule has 0 aliphatic heterocycles. The van der Waals surface area contributed by atoms with Crippen LogP contribution in [0.3, 0.4) is 0 Å². The van der Waals surface area contributed by atoms with E-state index < -0.39 is 0 Å². The van der Waals surface area contributed by atoms with E-state index in [9.17, 15) is 4.79 Å². The Morgan fingerprint density at radius 1 is 1.53 bits per heavy atom. The summed E-state index contributed by atoms with van der Waals surface area (Å²) in [5.74, 6) is 0.196. The van der Waals surface area contributed by atoms with E-state index in [4.69, 9.17) is 5.73 Å². The van der Waals surface area contributed by atoms with Crippen LogP contribution < -0.4 is 5.73 Å². The zero-order valence-corrected chi connectivity index (χ0v) is 10.4. The number of pyridine rings is 1. The Morgan fingerprint density at radius 2 is 2.13 bits per heavy atom. The molecule has 1 heterocycles. The molecule has 0 aliphatic rings. The lowest BCUT2D eigenvalue weighted by atomic mass is 10.2. The fourth-order valence-corrected chi connectivity index (χ4v) is 1.63. The quantitative estimate of drug-likeness (QED) is 0.914. The third kappa shape index (κ3) is 2.68. The second-order valence-corrected chi connectivity index (χ2v) is 3.98. The number of nitrogen functional groups attached to an aromatic ring is 1.